The Balaban J connectivity index is 0.000000179. The first-order chi connectivity index (χ1) is 60.0. The van der Waals surface area contributed by atoms with Crippen molar-refractivity contribution in [2.45, 2.75) is 135 Å². The Bertz CT molecular complexity index is 6510. The van der Waals surface area contributed by atoms with Crippen molar-refractivity contribution in [2.24, 2.45) is 0 Å². The van der Waals surface area contributed by atoms with E-state index < -0.39 is 55.2 Å². The summed E-state index contributed by atoms with van der Waals surface area (Å²) in [5, 5.41) is 20.7. The van der Waals surface area contributed by atoms with Gasteiger partial charge in [0, 0.05) is 88.5 Å². The topological polar surface area (TPSA) is 232 Å². The van der Waals surface area contributed by atoms with Crippen molar-refractivity contribution in [1.29, 1.82) is 5.26 Å². The van der Waals surface area contributed by atoms with E-state index in [1.54, 1.807) is 199 Å². The van der Waals surface area contributed by atoms with Crippen LogP contribution in [0.4, 0.5) is 0 Å². The predicted octanol–water partition coefficient (Wildman–Crippen LogP) is 27.9. The fraction of sp³-hybridized carbons (Fsp3) is 0.167. The van der Waals surface area contributed by atoms with Gasteiger partial charge >= 0.3 is 5.97 Å². The number of benzene rings is 13. The van der Waals surface area contributed by atoms with E-state index in [2.05, 4.69) is 53.2 Å². The molecule has 0 bridgehead atoms. The average molecular weight is 2060 g/mol. The predicted molar refractivity (Wildman–Crippen MR) is 528 cm³/mol. The highest BCUT2D eigenvalue weighted by molar-refractivity contribution is 9.10. The average Bonchev–Trinajstić information content (AvgIpc) is 0.814. The van der Waals surface area contributed by atoms with Crippen LogP contribution in [0.15, 0.2) is 351 Å². The zero-order valence-corrected chi connectivity index (χ0v) is 82.7. The first kappa shape index (κ1) is 102. The van der Waals surface area contributed by atoms with Crippen LogP contribution in [0.5, 0.6) is 0 Å². The Kier molecular flexibility index (Phi) is 40.2. The number of carboxylic acid groups (broad SMARTS) is 1. The molecule has 30 heteroatoms. The Morgan fingerprint density at radius 3 is 0.992 bits per heavy atom. The summed E-state index contributed by atoms with van der Waals surface area (Å²) in [5.74, 6) is 1.28. The van der Waals surface area contributed by atoms with Crippen molar-refractivity contribution < 1.29 is 52.0 Å². The number of sulfone groups is 5. The van der Waals surface area contributed by atoms with Gasteiger partial charge < -0.3 is 5.11 Å². The van der Waals surface area contributed by atoms with Crippen molar-refractivity contribution in [3.05, 3.63) is 399 Å². The number of hydrogen-bond donors (Lipinski definition) is 1. The minimum Gasteiger partial charge on any atom is -0.478 e. The van der Waals surface area contributed by atoms with Gasteiger partial charge in [0.1, 0.15) is 0 Å². The maximum atomic E-state index is 12.9. The largest absolute Gasteiger partial charge is 0.478 e. The maximum absolute atomic E-state index is 12.9. The molecule has 0 fully saturated rings. The second-order valence-corrected chi connectivity index (χ2v) is 46.7. The smallest absolute Gasteiger partial charge is 0.335 e. The van der Waals surface area contributed by atoms with Gasteiger partial charge in [0.2, 0.25) is 0 Å². The summed E-state index contributed by atoms with van der Waals surface area (Å²) < 4.78 is 128. The zero-order chi connectivity index (χ0) is 91.2. The Morgan fingerprint density at radius 2 is 0.651 bits per heavy atom. The fourth-order valence-electron chi connectivity index (χ4n) is 12.1. The second-order valence-electron chi connectivity index (χ2n) is 28.3. The third-order valence-electron chi connectivity index (χ3n) is 18.5. The molecule has 0 saturated carbocycles. The van der Waals surface area contributed by atoms with Gasteiger partial charge in [-0.15, -0.1) is 58.8 Å². The second kappa shape index (κ2) is 49.5. The number of nitrogens with zero attached hydrogens (tertiary/aromatic N) is 1. The van der Waals surface area contributed by atoms with Crippen LogP contribution in [0.3, 0.4) is 0 Å². The molecular formula is C96H86BrCl6NO12S10. The van der Waals surface area contributed by atoms with Gasteiger partial charge in [-0.05, 0) is 268 Å². The van der Waals surface area contributed by atoms with Crippen molar-refractivity contribution in [3.63, 3.8) is 0 Å². The Morgan fingerprint density at radius 1 is 0.357 bits per heavy atom. The molecule has 13 rings (SSSR count). The molecule has 0 aliphatic heterocycles. The normalized spacial score (nSPS) is 11.4. The van der Waals surface area contributed by atoms with Crippen molar-refractivity contribution in [1.82, 2.24) is 0 Å². The molecule has 0 spiro atoms. The minimum absolute atomic E-state index is 0.0349. The van der Waals surface area contributed by atoms with Crippen LogP contribution >= 0.6 is 144 Å². The molecule has 0 heterocycles. The van der Waals surface area contributed by atoms with Gasteiger partial charge in [0.15, 0.2) is 49.2 Å². The molecule has 1 N–H and O–H groups in total. The van der Waals surface area contributed by atoms with E-state index in [0.29, 0.717) is 88.8 Å². The number of halogens is 7. The molecule has 13 aromatic rings. The summed E-state index contributed by atoms with van der Waals surface area (Å²) >= 11 is 47.3. The van der Waals surface area contributed by atoms with Crippen LogP contribution in [0.1, 0.15) is 91.3 Å². The highest BCUT2D eigenvalue weighted by Crippen LogP contribution is 2.38. The summed E-state index contributed by atoms with van der Waals surface area (Å²) in [6.45, 7) is 5.96. The minimum atomic E-state index is -3.56. The highest BCUT2D eigenvalue weighted by Gasteiger charge is 2.25. The van der Waals surface area contributed by atoms with Crippen molar-refractivity contribution in [3.8, 4) is 6.07 Å². The van der Waals surface area contributed by atoms with Gasteiger partial charge in [-0.1, -0.05) is 215 Å². The number of hydrogen-bond acceptors (Lipinski definition) is 17. The van der Waals surface area contributed by atoms with E-state index in [9.17, 15) is 46.9 Å². The molecule has 0 radical (unpaired) electrons. The molecular weight excluding hydrogens is 1970 g/mol. The van der Waals surface area contributed by atoms with E-state index >= 15 is 0 Å². The quantitative estimate of drug-likeness (QED) is 0.0314. The summed E-state index contributed by atoms with van der Waals surface area (Å²) in [5.41, 5.74) is 10.2. The van der Waals surface area contributed by atoms with E-state index in [4.69, 9.17) is 80.0 Å². The van der Waals surface area contributed by atoms with Crippen LogP contribution in [-0.4, -0.2) is 65.2 Å². The molecule has 13 nitrogen and oxygen atoms in total. The van der Waals surface area contributed by atoms with E-state index in [0.717, 1.165) is 82.2 Å². The van der Waals surface area contributed by atoms with Crippen LogP contribution in [-0.2, 0) is 102 Å². The summed E-state index contributed by atoms with van der Waals surface area (Å²) in [4.78, 5) is 16.9. The standard InChI is InChI=1S/C21H16Cl2O4S2.C21H19ClO2S2.C20H16BrClO2S2.C19H20ClNO2S2.C15H15ClO2S2/c22-17-5-8-19(9-6-17)29(26,27)13-16-11-18(23)7-10-20(16)28-12-14-1-3-15(4-2-14)21(24)25;1-16-7-10-20(11-8-16)26(23,24)15-18-13-19(22)9-12-21(18)25-14-17-5-3-2-4-6-17;21-18-8-4-5-9-20(18)26(23,24)14-16-12-17(22)10-11-19(16)25-13-15-6-2-1-3-7-15;1-2-4-15-5-8-18(9-6-15)25(22,23)14-16-13-17(20)7-10-19(16)24-12-3-11-21;1-11-3-6-14(7-4-11)20(17,18)10-12-9-13(16)5-8-15(12)19-2/h1-11H,12-13H2,(H,24,25);2-13H,14-15H2,1H3;1-12H,13-14H2;5-10,13H,2-4,12,14H2,1H3;3-9H,10H2,1-2H3. The lowest BCUT2D eigenvalue weighted by Gasteiger charge is -2.12. The molecule has 126 heavy (non-hydrogen) atoms. The molecule has 0 unspecified atom stereocenters. The molecule has 0 atom stereocenters. The van der Waals surface area contributed by atoms with Crippen LogP contribution in [0, 0.1) is 25.2 Å². The lowest BCUT2D eigenvalue weighted by atomic mass is 10.1. The summed E-state index contributed by atoms with van der Waals surface area (Å²) in [6, 6.07) is 89.4. The number of thioether (sulfide) groups is 5. The summed E-state index contributed by atoms with van der Waals surface area (Å²) in [7, 11) is -17.3. The van der Waals surface area contributed by atoms with Crippen LogP contribution in [0.25, 0.3) is 0 Å². The molecule has 0 saturated heterocycles. The zero-order valence-electron chi connectivity index (χ0n) is 68.4. The molecule has 0 aromatic heterocycles. The number of rotatable bonds is 31. The first-order valence-corrected chi connectivity index (χ1v) is 55.1. The number of nitriles is 1. The van der Waals surface area contributed by atoms with E-state index in [1.807, 2.05) is 105 Å². The number of carboxylic acids is 1. The van der Waals surface area contributed by atoms with Crippen molar-refractivity contribution >= 4 is 200 Å². The van der Waals surface area contributed by atoms with Gasteiger partial charge in [-0.2, -0.15) is 5.26 Å². The Labute approximate surface area is 799 Å². The van der Waals surface area contributed by atoms with Crippen LogP contribution < -0.4 is 0 Å². The maximum Gasteiger partial charge on any atom is 0.335 e. The first-order valence-electron chi connectivity index (χ1n) is 38.6. The summed E-state index contributed by atoms with van der Waals surface area (Å²) in [6.07, 6.45) is 4.30. The fourth-order valence-corrected chi connectivity index (χ4v) is 26.0. The van der Waals surface area contributed by atoms with Gasteiger partial charge in [0.05, 0.1) is 64.9 Å². The SMILES string of the molecule is CCCc1ccc(S(=O)(=O)Cc2cc(Cl)ccc2SCCC#N)cc1.CSc1ccc(Cl)cc1CS(=O)(=O)c1ccc(C)cc1.Cc1ccc(S(=O)(=O)Cc2cc(Cl)ccc2SCc2ccccc2)cc1.O=C(O)c1ccc(CSc2ccc(Cl)cc2CS(=O)(=O)c2ccc(Cl)cc2)cc1.O=S(=O)(Cc1cc(Cl)ccc1SCc1ccccc1)c1ccccc1Br. The third-order valence-corrected chi connectivity index (χ3v) is 34.9. The van der Waals surface area contributed by atoms with Gasteiger partial charge in [0.25, 0.3) is 0 Å². The van der Waals surface area contributed by atoms with Crippen LogP contribution in [0.2, 0.25) is 30.1 Å². The monoisotopic (exact) mass is 2050 g/mol. The van der Waals surface area contributed by atoms with Crippen molar-refractivity contribution in [2.75, 3.05) is 12.0 Å². The number of carbonyl (C=O) groups is 1. The molecule has 13 aromatic carbocycles. The van der Waals surface area contributed by atoms with E-state index in [1.165, 1.54) is 58.5 Å². The number of aromatic carboxylic acids is 1. The number of aryl methyl sites for hydroxylation is 3. The lowest BCUT2D eigenvalue weighted by Crippen LogP contribution is -2.06. The highest BCUT2D eigenvalue weighted by atomic mass is 79.9. The molecule has 0 amide bonds. The Hall–Kier alpha value is -7.46. The third kappa shape index (κ3) is 32.6. The van der Waals surface area contributed by atoms with Gasteiger partial charge in [-0.25, -0.2) is 46.9 Å². The molecule has 0 aliphatic rings. The van der Waals surface area contributed by atoms with Gasteiger partial charge in [-0.3, -0.25) is 0 Å². The lowest BCUT2D eigenvalue weighted by molar-refractivity contribution is 0.0696. The molecule has 656 valence electrons. The molecule has 0 aliphatic carbocycles. The van der Waals surface area contributed by atoms with E-state index in [-0.39, 0.29) is 39.2 Å².